The van der Waals surface area contributed by atoms with Gasteiger partial charge in [0.25, 0.3) is 5.91 Å². The summed E-state index contributed by atoms with van der Waals surface area (Å²) in [7, 11) is 0. The fourth-order valence-corrected chi connectivity index (χ4v) is 2.51. The molecule has 1 aromatic heterocycles. The van der Waals surface area contributed by atoms with Crippen molar-refractivity contribution in [1.29, 1.82) is 0 Å². The van der Waals surface area contributed by atoms with Crippen molar-refractivity contribution in [2.45, 2.75) is 0 Å². The van der Waals surface area contributed by atoms with Crippen LogP contribution in [0.25, 0.3) is 10.9 Å². The fraction of sp³-hybridized carbons (Fsp3) is 0. The van der Waals surface area contributed by atoms with E-state index in [-0.39, 0.29) is 5.91 Å². The largest absolute Gasteiger partial charge is 0.398 e. The minimum Gasteiger partial charge on any atom is -0.398 e. The summed E-state index contributed by atoms with van der Waals surface area (Å²) in [6, 6.07) is 14.8. The summed E-state index contributed by atoms with van der Waals surface area (Å²) in [5.74, 6) is -0.230. The van der Waals surface area contributed by atoms with Crippen molar-refractivity contribution < 1.29 is 4.79 Å². The third-order valence-corrected chi connectivity index (χ3v) is 4.01. The number of aromatic nitrogens is 1. The number of fused-ring (bicyclic) bond motifs is 1. The summed E-state index contributed by atoms with van der Waals surface area (Å²) in [5.41, 5.74) is 8.34. The maximum absolute atomic E-state index is 12.3. The summed E-state index contributed by atoms with van der Waals surface area (Å²) >= 11 is 3.33. The molecule has 0 saturated carbocycles. The minimum atomic E-state index is -0.230. The van der Waals surface area contributed by atoms with E-state index in [9.17, 15) is 4.79 Å². The van der Waals surface area contributed by atoms with E-state index in [1.807, 2.05) is 30.3 Å². The molecule has 3 N–H and O–H groups in total. The number of rotatable bonds is 2. The molecule has 3 aromatic rings. The van der Waals surface area contributed by atoms with Crippen LogP contribution in [-0.2, 0) is 0 Å². The molecule has 104 valence electrons. The molecule has 0 aliphatic heterocycles. The Labute approximate surface area is 130 Å². The zero-order valence-corrected chi connectivity index (χ0v) is 12.6. The summed E-state index contributed by atoms with van der Waals surface area (Å²) in [5, 5.41) is 3.81. The lowest BCUT2D eigenvalue weighted by Crippen LogP contribution is -2.13. The Bertz CT molecular complexity index is 833. The molecule has 0 aliphatic carbocycles. The number of pyridine rings is 1. The van der Waals surface area contributed by atoms with Crippen LogP contribution in [0.4, 0.5) is 11.4 Å². The van der Waals surface area contributed by atoms with E-state index in [0.29, 0.717) is 21.4 Å². The van der Waals surface area contributed by atoms with E-state index in [2.05, 4.69) is 26.2 Å². The highest BCUT2D eigenvalue weighted by Crippen LogP contribution is 2.25. The molecular formula is C16H12BrN3O. The second kappa shape index (κ2) is 5.54. The maximum Gasteiger partial charge on any atom is 0.256 e. The normalized spacial score (nSPS) is 10.5. The van der Waals surface area contributed by atoms with Crippen LogP contribution in [0.5, 0.6) is 0 Å². The number of carbonyl (C=O) groups is 1. The van der Waals surface area contributed by atoms with Gasteiger partial charge < -0.3 is 11.1 Å². The van der Waals surface area contributed by atoms with Gasteiger partial charge in [0, 0.05) is 11.1 Å². The van der Waals surface area contributed by atoms with Crippen LogP contribution in [0.3, 0.4) is 0 Å². The standard InChI is InChI=1S/C16H12BrN3O/c17-15-12(5-3-6-13(15)18)16(21)20-11-8-10-4-1-2-7-14(10)19-9-11/h1-9H,18H2,(H,20,21). The average Bonchev–Trinajstić information content (AvgIpc) is 2.50. The first kappa shape index (κ1) is 13.6. The molecule has 0 fully saturated rings. The number of halogens is 1. The quantitative estimate of drug-likeness (QED) is 0.696. The third-order valence-electron chi connectivity index (χ3n) is 3.12. The Morgan fingerprint density at radius 3 is 2.81 bits per heavy atom. The number of nitrogens with one attached hydrogen (secondary N) is 1. The van der Waals surface area contributed by atoms with Gasteiger partial charge in [-0.05, 0) is 40.2 Å². The van der Waals surface area contributed by atoms with Crippen molar-refractivity contribution in [3.05, 3.63) is 64.8 Å². The minimum absolute atomic E-state index is 0.230. The van der Waals surface area contributed by atoms with E-state index in [1.54, 1.807) is 24.4 Å². The van der Waals surface area contributed by atoms with Crippen LogP contribution in [0.1, 0.15) is 10.4 Å². The monoisotopic (exact) mass is 341 g/mol. The molecule has 0 spiro atoms. The maximum atomic E-state index is 12.3. The first-order valence-corrected chi connectivity index (χ1v) is 7.14. The molecule has 4 nitrogen and oxygen atoms in total. The van der Waals surface area contributed by atoms with Gasteiger partial charge in [0.1, 0.15) is 0 Å². The highest BCUT2D eigenvalue weighted by molar-refractivity contribution is 9.10. The van der Waals surface area contributed by atoms with Gasteiger partial charge in [-0.1, -0.05) is 24.3 Å². The fourth-order valence-electron chi connectivity index (χ4n) is 2.06. The number of anilines is 2. The topological polar surface area (TPSA) is 68.0 Å². The zero-order valence-electron chi connectivity index (χ0n) is 11.0. The van der Waals surface area contributed by atoms with Crippen molar-refractivity contribution >= 4 is 44.1 Å². The number of para-hydroxylation sites is 1. The first-order valence-electron chi connectivity index (χ1n) is 6.35. The number of hydrogen-bond donors (Lipinski definition) is 2. The second-order valence-electron chi connectivity index (χ2n) is 4.58. The Balaban J connectivity index is 1.91. The van der Waals surface area contributed by atoms with Gasteiger partial charge in [-0.15, -0.1) is 0 Å². The second-order valence-corrected chi connectivity index (χ2v) is 5.37. The average molecular weight is 342 g/mol. The Morgan fingerprint density at radius 2 is 1.95 bits per heavy atom. The molecule has 0 radical (unpaired) electrons. The van der Waals surface area contributed by atoms with Crippen molar-refractivity contribution in [2.75, 3.05) is 11.1 Å². The lowest BCUT2D eigenvalue weighted by molar-refractivity contribution is 0.102. The van der Waals surface area contributed by atoms with Gasteiger partial charge in [-0.2, -0.15) is 0 Å². The summed E-state index contributed by atoms with van der Waals surface area (Å²) < 4.78 is 0.594. The molecule has 0 unspecified atom stereocenters. The van der Waals surface area contributed by atoms with Gasteiger partial charge >= 0.3 is 0 Å². The third kappa shape index (κ3) is 2.73. The number of amides is 1. The lowest BCUT2D eigenvalue weighted by atomic mass is 10.1. The SMILES string of the molecule is Nc1cccc(C(=O)Nc2cnc3ccccc3c2)c1Br. The molecule has 0 saturated heterocycles. The molecule has 1 heterocycles. The van der Waals surface area contributed by atoms with E-state index in [4.69, 9.17) is 5.73 Å². The molecule has 3 rings (SSSR count). The molecule has 2 aromatic carbocycles. The molecule has 0 bridgehead atoms. The molecule has 21 heavy (non-hydrogen) atoms. The number of hydrogen-bond acceptors (Lipinski definition) is 3. The van der Waals surface area contributed by atoms with Crippen LogP contribution in [0.2, 0.25) is 0 Å². The Hall–Kier alpha value is -2.40. The number of nitrogen functional groups attached to an aromatic ring is 1. The number of nitrogens with two attached hydrogens (primary N) is 1. The van der Waals surface area contributed by atoms with Crippen molar-refractivity contribution in [1.82, 2.24) is 4.98 Å². The van der Waals surface area contributed by atoms with E-state index < -0.39 is 0 Å². The summed E-state index contributed by atoms with van der Waals surface area (Å²) in [6.45, 7) is 0. The first-order chi connectivity index (χ1) is 10.1. The van der Waals surface area contributed by atoms with Gasteiger partial charge in [0.2, 0.25) is 0 Å². The van der Waals surface area contributed by atoms with Crippen LogP contribution >= 0.6 is 15.9 Å². The van der Waals surface area contributed by atoms with Crippen LogP contribution in [0.15, 0.2) is 59.2 Å². The number of carbonyl (C=O) groups excluding carboxylic acids is 1. The molecule has 0 aliphatic rings. The number of benzene rings is 2. The van der Waals surface area contributed by atoms with E-state index in [1.165, 1.54) is 0 Å². The summed E-state index contributed by atoms with van der Waals surface area (Å²) in [6.07, 6.45) is 1.64. The smallest absolute Gasteiger partial charge is 0.256 e. The Morgan fingerprint density at radius 1 is 1.14 bits per heavy atom. The predicted octanol–water partition coefficient (Wildman–Crippen LogP) is 3.83. The van der Waals surface area contributed by atoms with Gasteiger partial charge in [0.15, 0.2) is 0 Å². The highest BCUT2D eigenvalue weighted by atomic mass is 79.9. The van der Waals surface area contributed by atoms with Gasteiger partial charge in [0.05, 0.1) is 27.4 Å². The van der Waals surface area contributed by atoms with Crippen molar-refractivity contribution in [2.24, 2.45) is 0 Å². The van der Waals surface area contributed by atoms with Crippen LogP contribution in [0, 0.1) is 0 Å². The molecule has 5 heteroatoms. The van der Waals surface area contributed by atoms with Crippen molar-refractivity contribution in [3.63, 3.8) is 0 Å². The van der Waals surface area contributed by atoms with Crippen LogP contribution < -0.4 is 11.1 Å². The Kier molecular flexibility index (Phi) is 3.58. The predicted molar refractivity (Wildman–Crippen MR) is 88.3 cm³/mol. The number of nitrogens with zero attached hydrogens (tertiary/aromatic N) is 1. The highest BCUT2D eigenvalue weighted by Gasteiger charge is 2.12. The van der Waals surface area contributed by atoms with Gasteiger partial charge in [-0.3, -0.25) is 9.78 Å². The molecule has 1 amide bonds. The van der Waals surface area contributed by atoms with Gasteiger partial charge in [-0.25, -0.2) is 0 Å². The van der Waals surface area contributed by atoms with E-state index in [0.717, 1.165) is 10.9 Å². The lowest BCUT2D eigenvalue weighted by Gasteiger charge is -2.08. The van der Waals surface area contributed by atoms with Crippen LogP contribution in [-0.4, -0.2) is 10.9 Å². The molecular weight excluding hydrogens is 330 g/mol. The summed E-state index contributed by atoms with van der Waals surface area (Å²) in [4.78, 5) is 16.6. The van der Waals surface area contributed by atoms with Crippen molar-refractivity contribution in [3.8, 4) is 0 Å². The zero-order chi connectivity index (χ0) is 14.8. The molecule has 0 atom stereocenters. The van der Waals surface area contributed by atoms with E-state index >= 15 is 0 Å².